The standard InChI is InChI=1S/C42H62O16/c1-37(2)21-8-11-42(7)31(20(43)16-18-19-17-39(4,36(53)54)13-12-38(19,3)14-15-41(18,42)6)40(21,5)10-9-22(37)55-35-30(26(47)25(46)29(57-35)33(51)52)58-34-27(48)23(44)24(45)28(56-34)32(49)50/h16,19,21-31,34-35,44-48H,8-15,17H2,1-7H3,(H,49,50)(H,51,52)(H,53,54)/p-1/t19?,21?,22?,23?,24?,25?,26?,27?,28?,29?,30?,31?,34?,35?,38-,39+,40+,41-,42-/m1/s1. The summed E-state index contributed by atoms with van der Waals surface area (Å²) >= 11 is 0. The zero-order valence-electron chi connectivity index (χ0n) is 34.3. The molecule has 326 valence electrons. The zero-order valence-corrected chi connectivity index (χ0v) is 34.3. The summed E-state index contributed by atoms with van der Waals surface area (Å²) < 4.78 is 23.4. The largest absolute Gasteiger partial charge is 0.550 e. The minimum atomic E-state index is -2.05. The Morgan fingerprint density at radius 2 is 1.31 bits per heavy atom. The molecular formula is C42H61O16-. The predicted molar refractivity (Wildman–Crippen MR) is 197 cm³/mol. The van der Waals surface area contributed by atoms with Gasteiger partial charge in [0.05, 0.1) is 6.10 Å². The number of hydrogen-bond donors (Lipinski definition) is 7. The zero-order chi connectivity index (χ0) is 42.9. The van der Waals surface area contributed by atoms with Gasteiger partial charge in [0, 0.05) is 17.3 Å². The van der Waals surface area contributed by atoms with Crippen LogP contribution in [0.1, 0.15) is 106 Å². The highest BCUT2D eigenvalue weighted by Crippen LogP contribution is 2.75. The lowest BCUT2D eigenvalue weighted by molar-refractivity contribution is -0.371. The molecular weight excluding hydrogens is 760 g/mol. The van der Waals surface area contributed by atoms with Gasteiger partial charge >= 0.3 is 11.9 Å². The van der Waals surface area contributed by atoms with E-state index in [-0.39, 0.29) is 34.4 Å². The maximum absolute atomic E-state index is 14.8. The Bertz CT molecular complexity index is 1730. The van der Waals surface area contributed by atoms with Gasteiger partial charge < -0.3 is 64.6 Å². The summed E-state index contributed by atoms with van der Waals surface area (Å²) in [5, 5.41) is 85.1. The van der Waals surface area contributed by atoms with E-state index in [1.165, 1.54) is 0 Å². The van der Waals surface area contributed by atoms with Crippen LogP contribution in [0.25, 0.3) is 0 Å². The first-order valence-electron chi connectivity index (χ1n) is 20.7. The summed E-state index contributed by atoms with van der Waals surface area (Å²) in [5.41, 5.74) is -2.03. The molecule has 2 saturated heterocycles. The Kier molecular flexibility index (Phi) is 10.7. The number of aliphatic hydroxyl groups excluding tert-OH is 5. The summed E-state index contributed by atoms with van der Waals surface area (Å²) in [7, 11) is 0. The third-order valence-electron chi connectivity index (χ3n) is 17.2. The number of carbonyl (C=O) groups excluding carboxylic acids is 2. The van der Waals surface area contributed by atoms with Crippen molar-refractivity contribution in [3.8, 4) is 0 Å². The quantitative estimate of drug-likeness (QED) is 0.176. The molecule has 0 aromatic heterocycles. The normalized spacial score (nSPS) is 52.6. The van der Waals surface area contributed by atoms with Crippen LogP contribution < -0.4 is 5.11 Å². The van der Waals surface area contributed by atoms with Crippen molar-refractivity contribution in [1.29, 1.82) is 0 Å². The van der Waals surface area contributed by atoms with Crippen LogP contribution in [0.15, 0.2) is 11.6 Å². The van der Waals surface area contributed by atoms with Crippen LogP contribution in [0.4, 0.5) is 0 Å². The highest BCUT2D eigenvalue weighted by Gasteiger charge is 2.70. The summed E-state index contributed by atoms with van der Waals surface area (Å²) in [6.07, 6.45) is -12.5. The molecule has 4 saturated carbocycles. The van der Waals surface area contributed by atoms with E-state index in [9.17, 15) is 60.0 Å². The molecule has 14 unspecified atom stereocenters. The van der Waals surface area contributed by atoms with Gasteiger partial charge in [-0.15, -0.1) is 0 Å². The van der Waals surface area contributed by atoms with Gasteiger partial charge in [-0.1, -0.05) is 54.0 Å². The minimum Gasteiger partial charge on any atom is -0.550 e. The summed E-state index contributed by atoms with van der Waals surface area (Å²) in [6, 6.07) is 0. The number of carboxylic acid groups (broad SMARTS) is 3. The van der Waals surface area contributed by atoms with Gasteiger partial charge in [0.2, 0.25) is 0 Å². The molecule has 58 heavy (non-hydrogen) atoms. The molecule has 2 heterocycles. The molecule has 0 amide bonds. The van der Waals surface area contributed by atoms with Gasteiger partial charge in [-0.2, -0.15) is 0 Å². The van der Waals surface area contributed by atoms with E-state index in [0.29, 0.717) is 38.5 Å². The van der Waals surface area contributed by atoms with E-state index < -0.39 is 107 Å². The fourth-order valence-electron chi connectivity index (χ4n) is 13.4. The number of hydrogen-bond acceptors (Lipinski definition) is 14. The van der Waals surface area contributed by atoms with Gasteiger partial charge in [0.25, 0.3) is 0 Å². The lowest BCUT2D eigenvalue weighted by Gasteiger charge is -2.70. The Morgan fingerprint density at radius 1 is 0.724 bits per heavy atom. The van der Waals surface area contributed by atoms with Crippen molar-refractivity contribution in [2.75, 3.05) is 0 Å². The Hall–Kier alpha value is -2.54. The molecule has 5 aliphatic carbocycles. The molecule has 16 heteroatoms. The molecule has 7 N–H and O–H groups in total. The van der Waals surface area contributed by atoms with Gasteiger partial charge in [0.1, 0.15) is 36.6 Å². The second kappa shape index (κ2) is 14.3. The number of aliphatic hydroxyl groups is 5. The molecule has 7 aliphatic rings. The molecule has 0 spiro atoms. The second-order valence-electron chi connectivity index (χ2n) is 20.6. The maximum Gasteiger partial charge on any atom is 0.335 e. The SMILES string of the molecule is CC1(C)C(OC2OC(C(=O)O)C(O)C(O)C2OC2OC(C(=O)O)C(O)C(O)C2O)CC[C@@]2(C)C1CC[C@]1(C)C2C(=O)C=C2C3C[C@@](C)(C(=O)[O-])CC[C@]3(C)CC[C@]21C. The number of aliphatic carboxylic acids is 3. The maximum atomic E-state index is 14.8. The average Bonchev–Trinajstić information content (AvgIpc) is 3.13. The number of rotatable bonds is 7. The first kappa shape index (κ1) is 43.5. The topological polar surface area (TPSA) is 270 Å². The molecule has 6 fully saturated rings. The van der Waals surface area contributed by atoms with Crippen molar-refractivity contribution in [3.05, 3.63) is 11.6 Å². The molecule has 7 rings (SSSR count). The van der Waals surface area contributed by atoms with Crippen molar-refractivity contribution in [1.82, 2.24) is 0 Å². The molecule has 0 bridgehead atoms. The summed E-state index contributed by atoms with van der Waals surface area (Å²) in [4.78, 5) is 51.2. The Morgan fingerprint density at radius 3 is 1.91 bits per heavy atom. The van der Waals surface area contributed by atoms with E-state index >= 15 is 0 Å². The van der Waals surface area contributed by atoms with E-state index in [4.69, 9.17) is 18.9 Å². The lowest BCUT2D eigenvalue weighted by atomic mass is 9.33. The highest BCUT2D eigenvalue weighted by molar-refractivity contribution is 5.95. The third-order valence-corrected chi connectivity index (χ3v) is 17.2. The van der Waals surface area contributed by atoms with E-state index in [2.05, 4.69) is 27.7 Å². The fourth-order valence-corrected chi connectivity index (χ4v) is 13.4. The molecule has 0 radical (unpaired) electrons. The average molecular weight is 822 g/mol. The van der Waals surface area contributed by atoms with Crippen LogP contribution in [-0.2, 0) is 38.1 Å². The van der Waals surface area contributed by atoms with Gasteiger partial charge in [-0.3, -0.25) is 4.79 Å². The molecule has 16 nitrogen and oxygen atoms in total. The Balaban J connectivity index is 1.17. The van der Waals surface area contributed by atoms with Crippen LogP contribution in [0.3, 0.4) is 0 Å². The number of allylic oxidation sites excluding steroid dienone is 2. The molecule has 0 aromatic rings. The van der Waals surface area contributed by atoms with Crippen LogP contribution >= 0.6 is 0 Å². The van der Waals surface area contributed by atoms with Crippen molar-refractivity contribution < 1.29 is 79.0 Å². The second-order valence-corrected chi connectivity index (χ2v) is 20.6. The smallest absolute Gasteiger partial charge is 0.335 e. The first-order valence-corrected chi connectivity index (χ1v) is 20.7. The van der Waals surface area contributed by atoms with Crippen LogP contribution in [0, 0.1) is 50.2 Å². The van der Waals surface area contributed by atoms with Crippen LogP contribution in [0.2, 0.25) is 0 Å². The molecule has 0 aromatic carbocycles. The van der Waals surface area contributed by atoms with Crippen molar-refractivity contribution in [2.45, 2.75) is 174 Å². The summed E-state index contributed by atoms with van der Waals surface area (Å²) in [5.74, 6) is -4.80. The van der Waals surface area contributed by atoms with Gasteiger partial charge in [-0.05, 0) is 103 Å². The van der Waals surface area contributed by atoms with E-state index in [1.807, 2.05) is 19.9 Å². The third kappa shape index (κ3) is 6.25. The highest BCUT2D eigenvalue weighted by atomic mass is 16.8. The van der Waals surface area contributed by atoms with Crippen LogP contribution in [0.5, 0.6) is 0 Å². The van der Waals surface area contributed by atoms with Crippen LogP contribution in [-0.4, -0.2) is 127 Å². The van der Waals surface area contributed by atoms with Gasteiger partial charge in [0.15, 0.2) is 30.6 Å². The summed E-state index contributed by atoms with van der Waals surface area (Å²) in [6.45, 7) is 14.7. The number of carbonyl (C=O) groups is 4. The number of ether oxygens (including phenoxy) is 4. The molecule has 2 aliphatic heterocycles. The first-order chi connectivity index (χ1) is 26.8. The molecule has 19 atom stereocenters. The fraction of sp³-hybridized carbons (Fsp3) is 0.857. The monoisotopic (exact) mass is 821 g/mol. The van der Waals surface area contributed by atoms with Crippen molar-refractivity contribution in [3.63, 3.8) is 0 Å². The number of carboxylic acids is 3. The van der Waals surface area contributed by atoms with E-state index in [1.54, 1.807) is 6.92 Å². The number of fused-ring (bicyclic) bond motifs is 7. The van der Waals surface area contributed by atoms with Gasteiger partial charge in [-0.25, -0.2) is 9.59 Å². The Labute approximate surface area is 337 Å². The minimum absolute atomic E-state index is 0.0471. The van der Waals surface area contributed by atoms with E-state index in [0.717, 1.165) is 24.8 Å². The lowest BCUT2D eigenvalue weighted by Crippen LogP contribution is -2.68. The van der Waals surface area contributed by atoms with Crippen molar-refractivity contribution in [2.24, 2.45) is 50.2 Å². The van der Waals surface area contributed by atoms with Crippen molar-refractivity contribution >= 4 is 23.7 Å². The number of ketones is 1. The predicted octanol–water partition coefficient (Wildman–Crippen LogP) is 0.911.